The smallest absolute Gasteiger partial charge is 0.193 e. The van der Waals surface area contributed by atoms with Gasteiger partial charge in [-0.1, -0.05) is 12.1 Å². The van der Waals surface area contributed by atoms with E-state index in [1.54, 1.807) is 14.2 Å². The fourth-order valence-corrected chi connectivity index (χ4v) is 3.05. The lowest BCUT2D eigenvalue weighted by atomic mass is 10.1. The second kappa shape index (κ2) is 9.28. The highest BCUT2D eigenvalue weighted by molar-refractivity contribution is 5.92. The summed E-state index contributed by atoms with van der Waals surface area (Å²) in [6.45, 7) is 4.64. The van der Waals surface area contributed by atoms with Crippen LogP contribution in [0.3, 0.4) is 0 Å². The van der Waals surface area contributed by atoms with E-state index in [1.807, 2.05) is 44.4 Å². The largest absolute Gasteiger partial charge is 0.493 e. The van der Waals surface area contributed by atoms with Gasteiger partial charge in [0.05, 0.1) is 26.8 Å². The van der Waals surface area contributed by atoms with E-state index in [1.165, 1.54) is 11.1 Å². The van der Waals surface area contributed by atoms with Crippen LogP contribution >= 0.6 is 0 Å². The molecule has 0 amide bonds. The molecule has 2 rings (SSSR count). The molecular formula is C21H30N4O2. The second-order valence-corrected chi connectivity index (χ2v) is 6.82. The van der Waals surface area contributed by atoms with Gasteiger partial charge in [-0.15, -0.1) is 0 Å². The van der Waals surface area contributed by atoms with Crippen molar-refractivity contribution in [3.63, 3.8) is 0 Å². The quantitative estimate of drug-likeness (QED) is 0.578. The van der Waals surface area contributed by atoms with E-state index in [0.717, 1.165) is 11.3 Å². The van der Waals surface area contributed by atoms with E-state index in [2.05, 4.69) is 35.1 Å². The molecule has 0 radical (unpaired) electrons. The van der Waals surface area contributed by atoms with Crippen molar-refractivity contribution >= 4 is 11.6 Å². The van der Waals surface area contributed by atoms with E-state index in [0.29, 0.717) is 24.0 Å². The molecule has 0 heterocycles. The average molecular weight is 370 g/mol. The first-order valence-electron chi connectivity index (χ1n) is 8.87. The van der Waals surface area contributed by atoms with Gasteiger partial charge in [-0.25, -0.2) is 0 Å². The molecule has 1 atom stereocenters. The number of nitrogens with zero attached hydrogens (tertiary/aromatic N) is 2. The van der Waals surface area contributed by atoms with Gasteiger partial charge >= 0.3 is 0 Å². The van der Waals surface area contributed by atoms with Crippen LogP contribution in [0.15, 0.2) is 41.4 Å². The maximum atomic E-state index is 6.11. The molecule has 2 aromatic rings. The summed E-state index contributed by atoms with van der Waals surface area (Å²) >= 11 is 0. The van der Waals surface area contributed by atoms with Gasteiger partial charge in [-0.05, 0) is 68.9 Å². The van der Waals surface area contributed by atoms with Crippen LogP contribution in [0.4, 0.5) is 5.69 Å². The molecule has 146 valence electrons. The Morgan fingerprint density at radius 1 is 1.04 bits per heavy atom. The summed E-state index contributed by atoms with van der Waals surface area (Å²) in [5, 5.41) is 3.17. The van der Waals surface area contributed by atoms with E-state index >= 15 is 0 Å². The number of likely N-dealkylation sites (N-methyl/N-ethyl adjacent to an activating group) is 1. The molecule has 0 bridgehead atoms. The Morgan fingerprint density at radius 2 is 1.67 bits per heavy atom. The van der Waals surface area contributed by atoms with Crippen LogP contribution in [0, 0.1) is 13.8 Å². The molecule has 0 aliphatic carbocycles. The third kappa shape index (κ3) is 5.62. The molecule has 0 fully saturated rings. The molecule has 6 nitrogen and oxygen atoms in total. The number of nitrogens with one attached hydrogen (secondary N) is 1. The van der Waals surface area contributed by atoms with Crippen molar-refractivity contribution in [2.75, 3.05) is 40.2 Å². The van der Waals surface area contributed by atoms with Crippen LogP contribution in [0.2, 0.25) is 0 Å². The summed E-state index contributed by atoms with van der Waals surface area (Å²) in [5.74, 6) is 1.80. The third-order valence-corrected chi connectivity index (χ3v) is 4.34. The molecule has 1 unspecified atom stereocenters. The lowest BCUT2D eigenvalue weighted by Gasteiger charge is -2.24. The lowest BCUT2D eigenvalue weighted by molar-refractivity contribution is 0.303. The zero-order chi connectivity index (χ0) is 20.0. The Kier molecular flexibility index (Phi) is 7.07. The number of aryl methyl sites for hydroxylation is 2. The summed E-state index contributed by atoms with van der Waals surface area (Å²) < 4.78 is 10.7. The van der Waals surface area contributed by atoms with Crippen LogP contribution in [-0.2, 0) is 0 Å². The van der Waals surface area contributed by atoms with Crippen molar-refractivity contribution < 1.29 is 9.47 Å². The van der Waals surface area contributed by atoms with Gasteiger partial charge < -0.3 is 25.4 Å². The van der Waals surface area contributed by atoms with E-state index in [-0.39, 0.29) is 6.04 Å². The lowest BCUT2D eigenvalue weighted by Crippen LogP contribution is -2.27. The van der Waals surface area contributed by atoms with Crippen LogP contribution in [0.25, 0.3) is 0 Å². The van der Waals surface area contributed by atoms with Crippen molar-refractivity contribution in [3.05, 3.63) is 53.1 Å². The van der Waals surface area contributed by atoms with Crippen LogP contribution in [-0.4, -0.2) is 45.7 Å². The van der Waals surface area contributed by atoms with Gasteiger partial charge in [0.1, 0.15) is 0 Å². The van der Waals surface area contributed by atoms with Gasteiger partial charge in [-0.3, -0.25) is 4.99 Å². The zero-order valence-electron chi connectivity index (χ0n) is 17.0. The van der Waals surface area contributed by atoms with Crippen LogP contribution in [0.1, 0.15) is 22.7 Å². The number of guanidine groups is 1. The average Bonchev–Trinajstić information content (AvgIpc) is 2.60. The topological polar surface area (TPSA) is 72.1 Å². The minimum atomic E-state index is 0.0596. The highest BCUT2D eigenvalue weighted by Crippen LogP contribution is 2.31. The van der Waals surface area contributed by atoms with Gasteiger partial charge in [-0.2, -0.15) is 0 Å². The second-order valence-electron chi connectivity index (χ2n) is 6.82. The SMILES string of the molecule is COc1ccc(C(CN=C(N)Nc2cc(C)cc(C)c2)N(C)C)cc1OC. The molecule has 0 spiro atoms. The first-order valence-corrected chi connectivity index (χ1v) is 8.87. The number of nitrogens with two attached hydrogens (primary N) is 1. The first kappa shape index (κ1) is 20.6. The van der Waals surface area contributed by atoms with Crippen molar-refractivity contribution in [1.82, 2.24) is 4.90 Å². The number of hydrogen-bond donors (Lipinski definition) is 2. The standard InChI is InChI=1S/C21H30N4O2/c1-14-9-15(2)11-17(10-14)24-21(22)23-13-18(25(3)4)16-7-8-19(26-5)20(12-16)27-6/h7-12,18H,13H2,1-6H3,(H3,22,23,24). The van der Waals surface area contributed by atoms with Crippen LogP contribution < -0.4 is 20.5 Å². The van der Waals surface area contributed by atoms with Gasteiger partial charge in [0, 0.05) is 5.69 Å². The fraction of sp³-hybridized carbons (Fsp3) is 0.381. The minimum absolute atomic E-state index is 0.0596. The fourth-order valence-electron chi connectivity index (χ4n) is 3.05. The number of benzene rings is 2. The molecule has 0 aliphatic heterocycles. The van der Waals surface area contributed by atoms with Crippen molar-refractivity contribution in [1.29, 1.82) is 0 Å². The van der Waals surface area contributed by atoms with Crippen molar-refractivity contribution in [3.8, 4) is 11.5 Å². The van der Waals surface area contributed by atoms with Gasteiger partial charge in [0.2, 0.25) is 0 Å². The number of anilines is 1. The summed E-state index contributed by atoms with van der Waals surface area (Å²) in [5.41, 5.74) is 10.5. The first-order chi connectivity index (χ1) is 12.8. The molecule has 0 saturated carbocycles. The predicted octanol–water partition coefficient (Wildman–Crippen LogP) is 3.35. The molecule has 0 aromatic heterocycles. The summed E-state index contributed by atoms with van der Waals surface area (Å²) in [4.78, 5) is 6.65. The Balaban J connectivity index is 2.17. The van der Waals surface area contributed by atoms with E-state index < -0.39 is 0 Å². The third-order valence-electron chi connectivity index (χ3n) is 4.34. The highest BCUT2D eigenvalue weighted by Gasteiger charge is 2.16. The Hall–Kier alpha value is -2.73. The minimum Gasteiger partial charge on any atom is -0.493 e. The monoisotopic (exact) mass is 370 g/mol. The maximum Gasteiger partial charge on any atom is 0.193 e. The van der Waals surface area contributed by atoms with Gasteiger partial charge in [0.15, 0.2) is 17.5 Å². The summed E-state index contributed by atoms with van der Waals surface area (Å²) in [7, 11) is 7.30. The van der Waals surface area contributed by atoms with Crippen LogP contribution in [0.5, 0.6) is 11.5 Å². The molecule has 2 aromatic carbocycles. The molecule has 0 aliphatic rings. The van der Waals surface area contributed by atoms with Crippen molar-refractivity contribution in [2.24, 2.45) is 10.7 Å². The van der Waals surface area contributed by atoms with Crippen molar-refractivity contribution in [2.45, 2.75) is 19.9 Å². The molecule has 3 N–H and O–H groups in total. The number of hydrogen-bond acceptors (Lipinski definition) is 4. The zero-order valence-corrected chi connectivity index (χ0v) is 17.0. The number of rotatable bonds is 7. The number of ether oxygens (including phenoxy) is 2. The Bertz CT molecular complexity index is 783. The Labute approximate surface area is 162 Å². The molecular weight excluding hydrogens is 340 g/mol. The summed E-state index contributed by atoms with van der Waals surface area (Å²) in [6, 6.07) is 12.2. The molecule has 0 saturated heterocycles. The summed E-state index contributed by atoms with van der Waals surface area (Å²) in [6.07, 6.45) is 0. The van der Waals surface area contributed by atoms with E-state index in [4.69, 9.17) is 15.2 Å². The number of aliphatic imine (C=N–C) groups is 1. The Morgan fingerprint density at radius 3 is 2.22 bits per heavy atom. The molecule has 27 heavy (non-hydrogen) atoms. The van der Waals surface area contributed by atoms with E-state index in [9.17, 15) is 0 Å². The number of methoxy groups -OCH3 is 2. The maximum absolute atomic E-state index is 6.11. The normalized spacial score (nSPS) is 12.8. The van der Waals surface area contributed by atoms with Gasteiger partial charge in [0.25, 0.3) is 0 Å². The molecule has 6 heteroatoms. The highest BCUT2D eigenvalue weighted by atomic mass is 16.5. The predicted molar refractivity (Wildman–Crippen MR) is 112 cm³/mol.